The van der Waals surface area contributed by atoms with E-state index in [9.17, 15) is 14.7 Å². The molecule has 1 aromatic rings. The van der Waals surface area contributed by atoms with Gasteiger partial charge < -0.3 is 15.3 Å². The minimum Gasteiger partial charge on any atom is -0.480 e. The molecule has 0 unspecified atom stereocenters. The first kappa shape index (κ1) is 16.5. The van der Waals surface area contributed by atoms with Crippen LogP contribution in [0.1, 0.15) is 31.9 Å². The largest absolute Gasteiger partial charge is 0.480 e. The summed E-state index contributed by atoms with van der Waals surface area (Å²) in [4.78, 5) is 24.8. The predicted molar refractivity (Wildman–Crippen MR) is 79.0 cm³/mol. The first-order valence-electron chi connectivity index (χ1n) is 6.56. The summed E-state index contributed by atoms with van der Waals surface area (Å²) < 4.78 is 0. The van der Waals surface area contributed by atoms with E-state index in [1.165, 1.54) is 18.7 Å². The Labute approximate surface area is 124 Å². The quantitative estimate of drug-likeness (QED) is 0.890. The monoisotopic (exact) mass is 289 g/mol. The molecule has 1 rings (SSSR count). The molecule has 0 aliphatic carbocycles. The third kappa shape index (κ3) is 3.51. The smallest absolute Gasteiger partial charge is 0.329 e. The zero-order valence-corrected chi connectivity index (χ0v) is 12.6. The van der Waals surface area contributed by atoms with Crippen LogP contribution >= 0.6 is 0 Å². The van der Waals surface area contributed by atoms with Crippen molar-refractivity contribution in [3.63, 3.8) is 0 Å². The molecule has 6 nitrogen and oxygen atoms in total. The van der Waals surface area contributed by atoms with Gasteiger partial charge in [-0.2, -0.15) is 5.26 Å². The van der Waals surface area contributed by atoms with Gasteiger partial charge in [0.15, 0.2) is 0 Å². The van der Waals surface area contributed by atoms with E-state index in [2.05, 4.69) is 5.32 Å². The van der Waals surface area contributed by atoms with E-state index < -0.39 is 17.5 Å². The maximum atomic E-state index is 12.3. The van der Waals surface area contributed by atoms with Crippen molar-refractivity contribution in [3.05, 3.63) is 29.3 Å². The van der Waals surface area contributed by atoms with Crippen LogP contribution in [-0.2, 0) is 4.79 Å². The second kappa shape index (κ2) is 6.27. The first-order chi connectivity index (χ1) is 9.73. The molecule has 21 heavy (non-hydrogen) atoms. The van der Waals surface area contributed by atoms with E-state index in [1.807, 2.05) is 6.07 Å². The Hall–Kier alpha value is -2.55. The van der Waals surface area contributed by atoms with Gasteiger partial charge in [-0.15, -0.1) is 0 Å². The number of urea groups is 1. The lowest BCUT2D eigenvalue weighted by Crippen LogP contribution is -2.54. The number of nitrogens with one attached hydrogen (secondary N) is 1. The van der Waals surface area contributed by atoms with E-state index in [4.69, 9.17) is 5.26 Å². The molecule has 112 valence electrons. The van der Waals surface area contributed by atoms with Crippen LogP contribution in [0.15, 0.2) is 18.2 Å². The molecule has 2 amide bonds. The highest BCUT2D eigenvalue weighted by Gasteiger charge is 2.37. The molecule has 0 radical (unpaired) electrons. The highest BCUT2D eigenvalue weighted by molar-refractivity contribution is 5.94. The van der Waals surface area contributed by atoms with E-state index in [1.54, 1.807) is 32.0 Å². The summed E-state index contributed by atoms with van der Waals surface area (Å²) in [5.41, 5.74) is 0.404. The van der Waals surface area contributed by atoms with Crippen LogP contribution < -0.4 is 5.32 Å². The van der Waals surface area contributed by atoms with Crippen molar-refractivity contribution in [2.24, 2.45) is 0 Å². The number of likely N-dealkylation sites (N-methyl/N-ethyl adjacent to an activating group) is 1. The molecule has 0 saturated heterocycles. The number of amides is 2. The maximum absolute atomic E-state index is 12.3. The summed E-state index contributed by atoms with van der Waals surface area (Å²) in [6, 6.07) is 6.44. The van der Waals surface area contributed by atoms with Gasteiger partial charge in [-0.1, -0.05) is 6.07 Å². The highest BCUT2D eigenvalue weighted by Crippen LogP contribution is 2.20. The van der Waals surface area contributed by atoms with Crippen LogP contribution in [-0.4, -0.2) is 34.1 Å². The van der Waals surface area contributed by atoms with E-state index in [0.717, 1.165) is 5.56 Å². The van der Waals surface area contributed by atoms with Gasteiger partial charge in [0, 0.05) is 12.2 Å². The number of carboxylic acids is 1. The molecule has 0 saturated carbocycles. The Balaban J connectivity index is 3.05. The lowest BCUT2D eigenvalue weighted by Gasteiger charge is -2.34. The maximum Gasteiger partial charge on any atom is 0.329 e. The molecule has 0 aromatic heterocycles. The van der Waals surface area contributed by atoms with Gasteiger partial charge >= 0.3 is 12.0 Å². The summed E-state index contributed by atoms with van der Waals surface area (Å²) in [5, 5.41) is 20.8. The van der Waals surface area contributed by atoms with Crippen molar-refractivity contribution in [3.8, 4) is 6.07 Å². The Morgan fingerprint density at radius 2 is 2.05 bits per heavy atom. The SMILES string of the molecule is CCN(C(=O)Nc1cc(C#N)ccc1C)C(C)(C)C(=O)O. The van der Waals surface area contributed by atoms with Crippen LogP contribution in [0, 0.1) is 18.3 Å². The molecule has 0 heterocycles. The average molecular weight is 289 g/mol. The zero-order valence-electron chi connectivity index (χ0n) is 12.6. The molecular weight excluding hydrogens is 270 g/mol. The van der Waals surface area contributed by atoms with E-state index >= 15 is 0 Å². The summed E-state index contributed by atoms with van der Waals surface area (Å²) in [7, 11) is 0. The number of carbonyl (C=O) groups excluding carboxylic acids is 1. The van der Waals surface area contributed by atoms with Crippen molar-refractivity contribution in [2.45, 2.75) is 33.2 Å². The fourth-order valence-electron chi connectivity index (χ4n) is 1.92. The van der Waals surface area contributed by atoms with Crippen LogP contribution in [0.2, 0.25) is 0 Å². The lowest BCUT2D eigenvalue weighted by atomic mass is 10.0. The summed E-state index contributed by atoms with van der Waals surface area (Å²) in [5.74, 6) is -1.08. The molecule has 0 aliphatic heterocycles. The van der Waals surface area contributed by atoms with Crippen LogP contribution in [0.3, 0.4) is 0 Å². The summed E-state index contributed by atoms with van der Waals surface area (Å²) in [6.45, 7) is 6.70. The van der Waals surface area contributed by atoms with Gasteiger partial charge in [0.1, 0.15) is 5.54 Å². The number of benzene rings is 1. The average Bonchev–Trinajstić information content (AvgIpc) is 2.41. The van der Waals surface area contributed by atoms with Crippen LogP contribution in [0.5, 0.6) is 0 Å². The van der Waals surface area contributed by atoms with Gasteiger partial charge in [0.2, 0.25) is 0 Å². The molecule has 0 fully saturated rings. The third-order valence-corrected chi connectivity index (χ3v) is 3.37. The van der Waals surface area contributed by atoms with Gasteiger partial charge in [0.05, 0.1) is 11.6 Å². The molecular formula is C15H19N3O3. The number of aliphatic carboxylic acids is 1. The molecule has 6 heteroatoms. The fraction of sp³-hybridized carbons (Fsp3) is 0.400. The highest BCUT2D eigenvalue weighted by atomic mass is 16.4. The number of rotatable bonds is 4. The number of anilines is 1. The summed E-state index contributed by atoms with van der Waals surface area (Å²) >= 11 is 0. The summed E-state index contributed by atoms with van der Waals surface area (Å²) in [6.07, 6.45) is 0. The topological polar surface area (TPSA) is 93.4 Å². The van der Waals surface area contributed by atoms with Crippen LogP contribution in [0.25, 0.3) is 0 Å². The molecule has 0 spiro atoms. The first-order valence-corrected chi connectivity index (χ1v) is 6.56. The molecule has 0 bridgehead atoms. The van der Waals surface area contributed by atoms with E-state index in [0.29, 0.717) is 11.3 Å². The number of aryl methyl sites for hydroxylation is 1. The minimum absolute atomic E-state index is 0.252. The molecule has 0 aliphatic rings. The fourth-order valence-corrected chi connectivity index (χ4v) is 1.92. The third-order valence-electron chi connectivity index (χ3n) is 3.37. The normalized spacial score (nSPS) is 10.6. The van der Waals surface area contributed by atoms with Crippen molar-refractivity contribution < 1.29 is 14.7 Å². The van der Waals surface area contributed by atoms with Gasteiger partial charge in [-0.25, -0.2) is 9.59 Å². The number of nitrogens with zero attached hydrogens (tertiary/aromatic N) is 2. The Morgan fingerprint density at radius 3 is 2.52 bits per heavy atom. The predicted octanol–water partition coefficient (Wildman–Crippen LogP) is 2.58. The number of carbonyl (C=O) groups is 2. The zero-order chi connectivity index (χ0) is 16.2. The molecule has 1 aromatic carbocycles. The Morgan fingerprint density at radius 1 is 1.43 bits per heavy atom. The van der Waals surface area contributed by atoms with Crippen LogP contribution in [0.4, 0.5) is 10.5 Å². The number of hydrogen-bond donors (Lipinski definition) is 2. The lowest BCUT2D eigenvalue weighted by molar-refractivity contribution is -0.147. The van der Waals surface area contributed by atoms with Crippen molar-refractivity contribution in [1.82, 2.24) is 4.90 Å². The van der Waals surface area contributed by atoms with Crippen molar-refractivity contribution in [2.75, 3.05) is 11.9 Å². The van der Waals surface area contributed by atoms with E-state index in [-0.39, 0.29) is 6.54 Å². The van der Waals surface area contributed by atoms with Gasteiger partial charge in [0.25, 0.3) is 0 Å². The number of nitriles is 1. The minimum atomic E-state index is -1.32. The Bertz CT molecular complexity index is 603. The second-order valence-corrected chi connectivity index (χ2v) is 5.18. The number of carboxylic acid groups (broad SMARTS) is 1. The van der Waals surface area contributed by atoms with Crippen molar-refractivity contribution in [1.29, 1.82) is 5.26 Å². The second-order valence-electron chi connectivity index (χ2n) is 5.18. The number of hydrogen-bond acceptors (Lipinski definition) is 3. The standard InChI is InChI=1S/C15H19N3O3/c1-5-18(15(3,4)13(19)20)14(21)17-12-8-11(9-16)7-6-10(12)2/h6-8H,5H2,1-4H3,(H,17,21)(H,19,20). The Kier molecular flexibility index (Phi) is 4.93. The van der Waals surface area contributed by atoms with Gasteiger partial charge in [-0.3, -0.25) is 0 Å². The molecule has 0 atom stereocenters. The molecule has 2 N–H and O–H groups in total. The van der Waals surface area contributed by atoms with Crippen molar-refractivity contribution >= 4 is 17.7 Å². The van der Waals surface area contributed by atoms with Gasteiger partial charge in [-0.05, 0) is 45.4 Å².